The molecule has 1 unspecified atom stereocenters. The van der Waals surface area contributed by atoms with Crippen LogP contribution in [0.4, 0.5) is 0 Å². The van der Waals surface area contributed by atoms with Gasteiger partial charge < -0.3 is 33.9 Å². The zero-order valence-corrected chi connectivity index (χ0v) is 24.8. The number of hydrogen-bond acceptors (Lipinski definition) is 9. The van der Waals surface area contributed by atoms with Gasteiger partial charge in [0.25, 0.3) is 0 Å². The molecule has 13 atom stereocenters. The van der Waals surface area contributed by atoms with Gasteiger partial charge in [-0.1, -0.05) is 25.1 Å². The molecule has 0 aromatic heterocycles. The average Bonchev–Trinajstić information content (AvgIpc) is 3.37. The van der Waals surface area contributed by atoms with Gasteiger partial charge >= 0.3 is 5.97 Å². The molecule has 1 spiro atoms. The molecule has 1 heterocycles. The quantitative estimate of drug-likeness (QED) is 0.454. The number of nitrogens with zero attached hydrogens (tertiary/aromatic N) is 1. The first kappa shape index (κ1) is 28.2. The Labute approximate surface area is 242 Å². The normalized spacial score (nSPS) is 51.0. The van der Waals surface area contributed by atoms with Gasteiger partial charge in [0.2, 0.25) is 0 Å². The van der Waals surface area contributed by atoms with Crippen molar-refractivity contribution in [3.63, 3.8) is 0 Å². The number of benzene rings is 1. The Kier molecular flexibility index (Phi) is 6.50. The molecule has 7 bridgehead atoms. The highest BCUT2D eigenvalue weighted by atomic mass is 16.6. The number of fused-ring (bicyclic) bond motifs is 2. The molecular formula is C32H45NO8. The van der Waals surface area contributed by atoms with Gasteiger partial charge in [-0.25, -0.2) is 4.79 Å². The summed E-state index contributed by atoms with van der Waals surface area (Å²) in [5.41, 5.74) is -3.56. The number of piperidine rings is 1. The number of methoxy groups -OCH3 is 4. The van der Waals surface area contributed by atoms with E-state index in [1.807, 2.05) is 18.2 Å². The molecule has 1 saturated heterocycles. The molecule has 1 aromatic carbocycles. The number of likely N-dealkylation sites (tertiary alicyclic amines) is 1. The van der Waals surface area contributed by atoms with Crippen LogP contribution in [0.2, 0.25) is 0 Å². The molecule has 226 valence electrons. The largest absolute Gasteiger partial charge is 0.458 e. The van der Waals surface area contributed by atoms with Crippen LogP contribution in [-0.4, -0.2) is 111 Å². The fraction of sp³-hybridized carbons (Fsp3) is 0.781. The third kappa shape index (κ3) is 3.14. The van der Waals surface area contributed by atoms with Crippen LogP contribution in [0.5, 0.6) is 0 Å². The summed E-state index contributed by atoms with van der Waals surface area (Å²) < 4.78 is 31.1. The number of aliphatic hydroxyl groups is 2. The second kappa shape index (κ2) is 9.45. The number of rotatable bonds is 8. The minimum absolute atomic E-state index is 0.0718. The van der Waals surface area contributed by atoms with Crippen molar-refractivity contribution in [3.8, 4) is 0 Å². The first-order chi connectivity index (χ1) is 19.7. The summed E-state index contributed by atoms with van der Waals surface area (Å²) in [4.78, 5) is 15.9. The Balaban J connectivity index is 1.45. The summed E-state index contributed by atoms with van der Waals surface area (Å²) in [6.45, 7) is 4.16. The fourth-order valence-electron chi connectivity index (χ4n) is 11.9. The number of esters is 1. The molecule has 1 aromatic rings. The molecule has 9 heteroatoms. The van der Waals surface area contributed by atoms with Crippen LogP contribution in [0, 0.1) is 34.5 Å². The molecule has 5 saturated carbocycles. The molecule has 9 nitrogen and oxygen atoms in total. The number of likely N-dealkylation sites (N-methyl/N-ethyl adjacent to an activating group) is 1. The van der Waals surface area contributed by atoms with Gasteiger partial charge in [-0.05, 0) is 43.9 Å². The summed E-state index contributed by atoms with van der Waals surface area (Å²) in [6, 6.07) is 8.62. The third-order valence-corrected chi connectivity index (χ3v) is 12.7. The number of ether oxygens (including phenoxy) is 5. The van der Waals surface area contributed by atoms with E-state index in [1.54, 1.807) is 40.6 Å². The SMILES string of the molecule is CCN1C[C@]2(COC)CC[C@H](OC)[C@]34C1[C@](O)([C@@H](OC)[C@H]23)[C@@]1(O)C[C@H](OC)[C@H]2C[C@@H]4[C@@H]1[C@H]2OC(=O)c1ccccc1. The van der Waals surface area contributed by atoms with Gasteiger partial charge in [0.15, 0.2) is 0 Å². The van der Waals surface area contributed by atoms with Crippen LogP contribution < -0.4 is 0 Å². The smallest absolute Gasteiger partial charge is 0.338 e. The van der Waals surface area contributed by atoms with Crippen molar-refractivity contribution < 1.29 is 38.7 Å². The minimum Gasteiger partial charge on any atom is -0.458 e. The number of hydrogen-bond donors (Lipinski definition) is 2. The maximum absolute atomic E-state index is 13.5. The summed E-state index contributed by atoms with van der Waals surface area (Å²) >= 11 is 0. The minimum atomic E-state index is -1.64. The lowest BCUT2D eigenvalue weighted by molar-refractivity contribution is -0.318. The van der Waals surface area contributed by atoms with E-state index in [-0.39, 0.29) is 47.8 Å². The molecular weight excluding hydrogens is 526 g/mol. The van der Waals surface area contributed by atoms with Gasteiger partial charge in [-0.3, -0.25) is 4.90 Å². The predicted octanol–water partition coefficient (Wildman–Crippen LogP) is 2.14. The highest BCUT2D eigenvalue weighted by molar-refractivity contribution is 5.89. The second-order valence-corrected chi connectivity index (χ2v) is 13.7. The van der Waals surface area contributed by atoms with Crippen molar-refractivity contribution in [2.24, 2.45) is 34.5 Å². The van der Waals surface area contributed by atoms with Gasteiger partial charge in [-0.2, -0.15) is 0 Å². The number of carbonyl (C=O) groups excluding carboxylic acids is 1. The van der Waals surface area contributed by atoms with Gasteiger partial charge in [0.1, 0.15) is 17.3 Å². The number of carbonyl (C=O) groups is 1. The van der Waals surface area contributed by atoms with E-state index in [2.05, 4.69) is 11.8 Å². The summed E-state index contributed by atoms with van der Waals surface area (Å²) in [5.74, 6) is -1.17. The lowest BCUT2D eigenvalue weighted by atomic mass is 9.42. The van der Waals surface area contributed by atoms with Crippen molar-refractivity contribution in [2.45, 2.75) is 74.3 Å². The van der Waals surface area contributed by atoms with E-state index in [9.17, 15) is 15.0 Å². The van der Waals surface area contributed by atoms with Crippen molar-refractivity contribution in [3.05, 3.63) is 35.9 Å². The van der Waals surface area contributed by atoms with E-state index >= 15 is 0 Å². The van der Waals surface area contributed by atoms with Crippen LogP contribution in [0.25, 0.3) is 0 Å². The fourth-order valence-corrected chi connectivity index (χ4v) is 11.9. The van der Waals surface area contributed by atoms with E-state index < -0.39 is 40.7 Å². The second-order valence-electron chi connectivity index (χ2n) is 13.7. The Morgan fingerprint density at radius 2 is 1.83 bits per heavy atom. The monoisotopic (exact) mass is 571 g/mol. The van der Waals surface area contributed by atoms with Gasteiger partial charge in [0, 0.05) is 70.0 Å². The molecule has 1 aliphatic heterocycles. The van der Waals surface area contributed by atoms with E-state index in [0.717, 1.165) is 32.4 Å². The molecule has 0 amide bonds. The Morgan fingerprint density at radius 1 is 1.07 bits per heavy atom. The van der Waals surface area contributed by atoms with Crippen molar-refractivity contribution in [1.82, 2.24) is 4.90 Å². The van der Waals surface area contributed by atoms with Crippen LogP contribution in [-0.2, 0) is 23.7 Å². The first-order valence-corrected chi connectivity index (χ1v) is 15.3. The predicted molar refractivity (Wildman–Crippen MR) is 148 cm³/mol. The van der Waals surface area contributed by atoms with Crippen molar-refractivity contribution in [2.75, 3.05) is 48.1 Å². The lowest BCUT2D eigenvalue weighted by Gasteiger charge is -2.70. The standard InChI is InChI=1S/C32H45NO8/c1-6-33-16-29(17-37-2)13-12-22(39-4)31-20-14-19-21(38-3)15-30(35,32(36,28(31)33)26(40-5)25(29)31)23(20)24(19)41-27(34)18-10-8-7-9-11-18/h7-11,19-26,28,35-36H,6,12-17H2,1-5H3/t19-,20-,21+,22+,23-,24+,25-,26+,28?,29+,30-,31+,32-/m1/s1. The molecule has 6 fully saturated rings. The lowest BCUT2D eigenvalue weighted by Crippen LogP contribution is -2.82. The average molecular weight is 572 g/mol. The third-order valence-electron chi connectivity index (χ3n) is 12.7. The van der Waals surface area contributed by atoms with Crippen LogP contribution in [0.15, 0.2) is 30.3 Å². The van der Waals surface area contributed by atoms with E-state index in [1.165, 1.54) is 0 Å². The van der Waals surface area contributed by atoms with E-state index in [4.69, 9.17) is 23.7 Å². The molecule has 5 aliphatic carbocycles. The van der Waals surface area contributed by atoms with E-state index in [0.29, 0.717) is 12.2 Å². The van der Waals surface area contributed by atoms with Crippen molar-refractivity contribution in [1.29, 1.82) is 0 Å². The van der Waals surface area contributed by atoms with Gasteiger partial charge in [-0.15, -0.1) is 0 Å². The maximum atomic E-state index is 13.5. The zero-order valence-electron chi connectivity index (χ0n) is 24.8. The Hall–Kier alpha value is -1.59. The van der Waals surface area contributed by atoms with Crippen LogP contribution in [0.3, 0.4) is 0 Å². The molecule has 2 N–H and O–H groups in total. The summed E-state index contributed by atoms with van der Waals surface area (Å²) in [5, 5.41) is 26.5. The highest BCUT2D eigenvalue weighted by Crippen LogP contribution is 2.80. The molecule has 7 rings (SSSR count). The van der Waals surface area contributed by atoms with Crippen LogP contribution >= 0.6 is 0 Å². The summed E-state index contributed by atoms with van der Waals surface area (Å²) in [7, 11) is 6.84. The molecule has 0 radical (unpaired) electrons. The molecule has 6 aliphatic rings. The maximum Gasteiger partial charge on any atom is 0.338 e. The van der Waals surface area contributed by atoms with Crippen molar-refractivity contribution >= 4 is 5.97 Å². The zero-order chi connectivity index (χ0) is 28.9. The van der Waals surface area contributed by atoms with Crippen LogP contribution in [0.1, 0.15) is 43.0 Å². The highest BCUT2D eigenvalue weighted by Gasteiger charge is 2.91. The topological polar surface area (TPSA) is 107 Å². The van der Waals surface area contributed by atoms with Gasteiger partial charge in [0.05, 0.1) is 36.5 Å². The molecule has 41 heavy (non-hydrogen) atoms. The summed E-state index contributed by atoms with van der Waals surface area (Å²) in [6.07, 6.45) is 0.923. The Bertz CT molecular complexity index is 1180. The Morgan fingerprint density at radius 3 is 2.46 bits per heavy atom. The first-order valence-electron chi connectivity index (χ1n) is 15.3.